The lowest BCUT2D eigenvalue weighted by molar-refractivity contribution is -0.929. The third kappa shape index (κ3) is 20.2. The fourth-order valence-corrected chi connectivity index (χ4v) is 13.7. The Morgan fingerprint density at radius 1 is 0.453 bits per heavy atom. The number of para-hydroxylation sites is 4. The molecule has 2 heterocycles. The Morgan fingerprint density at radius 2 is 0.791 bits per heavy atom. The maximum Gasteiger partial charge on any atom is 0.242 e. The number of halogens is 1. The summed E-state index contributed by atoms with van der Waals surface area (Å²) in [5, 5.41) is 24.4. The minimum absolute atomic E-state index is 0. The van der Waals surface area contributed by atoms with Gasteiger partial charge >= 0.3 is 0 Å². The van der Waals surface area contributed by atoms with E-state index in [1.54, 1.807) is 28.7 Å². The zero-order chi connectivity index (χ0) is 61.5. The molecular formula is C75H104FN5O2S2Si. The first-order valence-corrected chi connectivity index (χ1v) is 37.2. The van der Waals surface area contributed by atoms with Crippen molar-refractivity contribution in [1.29, 1.82) is 0 Å². The number of anilines is 2. The summed E-state index contributed by atoms with van der Waals surface area (Å²) >= 11 is 3.32. The average molecular weight is 1220 g/mol. The third-order valence-corrected chi connectivity index (χ3v) is 18.5. The number of aromatic nitrogens is 2. The van der Waals surface area contributed by atoms with E-state index in [0.717, 1.165) is 38.3 Å². The molecule has 86 heavy (non-hydrogen) atoms. The number of quaternary nitrogens is 1. The largest absolute Gasteiger partial charge is 1.00 e. The molecule has 7 nitrogen and oxygen atoms in total. The molecule has 3 N–H and O–H groups in total. The van der Waals surface area contributed by atoms with Crippen molar-refractivity contribution in [2.24, 2.45) is 0 Å². The molecule has 0 bridgehead atoms. The highest BCUT2D eigenvalue weighted by atomic mass is 32.1. The Kier molecular flexibility index (Phi) is 28.8. The molecule has 0 saturated heterocycles. The number of rotatable bonds is 28. The lowest BCUT2D eigenvalue weighted by atomic mass is 9.92. The van der Waals surface area contributed by atoms with Crippen molar-refractivity contribution in [3.63, 3.8) is 0 Å². The fraction of sp³-hybridized carbons (Fsp3) is 0.440. The number of benzene rings is 6. The minimum Gasteiger partial charge on any atom is -1.00 e. The van der Waals surface area contributed by atoms with Gasteiger partial charge in [0.15, 0.2) is 0 Å². The monoisotopic (exact) mass is 1220 g/mol. The third-order valence-electron chi connectivity index (χ3n) is 15.8. The van der Waals surface area contributed by atoms with Gasteiger partial charge in [0.05, 0.1) is 37.6 Å². The number of phenolic OH excluding ortho intramolecular Hbond substituents is 1. The van der Waals surface area contributed by atoms with Crippen LogP contribution in [0.15, 0.2) is 156 Å². The molecule has 0 amide bonds. The molecule has 0 aliphatic carbocycles. The summed E-state index contributed by atoms with van der Waals surface area (Å²) in [7, 11) is -1.75. The van der Waals surface area contributed by atoms with E-state index in [-0.39, 0.29) is 22.5 Å². The normalized spacial score (nSPS) is 12.3. The number of hydrogen-bond acceptors (Lipinski definition) is 8. The van der Waals surface area contributed by atoms with Crippen LogP contribution in [-0.2, 0) is 0 Å². The molecule has 0 spiro atoms. The Labute approximate surface area is 528 Å². The first-order valence-electron chi connectivity index (χ1n) is 32.0. The summed E-state index contributed by atoms with van der Waals surface area (Å²) in [6.07, 6.45) is 11.1. The van der Waals surface area contributed by atoms with Crippen molar-refractivity contribution in [2.75, 3.05) is 36.8 Å². The number of hydrogen-bond donors (Lipinski definition) is 3. The highest BCUT2D eigenvalue weighted by Crippen LogP contribution is 2.42. The van der Waals surface area contributed by atoms with E-state index in [2.05, 4.69) is 228 Å². The van der Waals surface area contributed by atoms with Crippen molar-refractivity contribution in [3.8, 4) is 34.0 Å². The van der Waals surface area contributed by atoms with E-state index >= 15 is 0 Å². The van der Waals surface area contributed by atoms with Crippen LogP contribution in [0.4, 0.5) is 11.4 Å². The van der Waals surface area contributed by atoms with Crippen LogP contribution in [-0.4, -0.2) is 54.1 Å². The van der Waals surface area contributed by atoms with Gasteiger partial charge in [-0.1, -0.05) is 230 Å². The SMILES string of the molecule is CC(C)c1cccc(C(C)C)c1NC(c1ccccc1)c1nc(-c2ccccc2O)cs1.CC(C)c1cccc(C(C)C)c1NC(c1ccccc1)c1nc(-c2ccccc2O[Si](C)(C)C)cs1.CCCC[N+](CCCC)(CCCC)CCCC.[F-]. The van der Waals surface area contributed by atoms with E-state index < -0.39 is 8.32 Å². The second-order valence-electron chi connectivity index (χ2n) is 25.2. The number of nitrogens with one attached hydrogen (secondary N) is 2. The maximum absolute atomic E-state index is 10.3. The van der Waals surface area contributed by atoms with E-state index in [4.69, 9.17) is 14.4 Å². The second-order valence-corrected chi connectivity index (χ2v) is 31.4. The molecule has 2 aromatic heterocycles. The van der Waals surface area contributed by atoms with Gasteiger partial charge in [-0.2, -0.15) is 0 Å². The topological polar surface area (TPSA) is 79.3 Å². The summed E-state index contributed by atoms with van der Waals surface area (Å²) in [5.41, 5.74) is 13.7. The molecule has 0 fully saturated rings. The molecule has 0 aliphatic heterocycles. The summed E-state index contributed by atoms with van der Waals surface area (Å²) in [5.74, 6) is 2.81. The lowest BCUT2D eigenvalue weighted by Gasteiger charge is -2.39. The predicted molar refractivity (Wildman–Crippen MR) is 373 cm³/mol. The number of unbranched alkanes of at least 4 members (excludes halogenated alkanes) is 4. The van der Waals surface area contributed by atoms with Gasteiger partial charge in [0.2, 0.25) is 8.32 Å². The quantitative estimate of drug-likeness (QED) is 0.0335. The van der Waals surface area contributed by atoms with Gasteiger partial charge in [-0.15, -0.1) is 22.7 Å². The number of nitrogens with zero attached hydrogens (tertiary/aromatic N) is 3. The van der Waals surface area contributed by atoms with Crippen LogP contribution in [0.25, 0.3) is 22.5 Å². The highest BCUT2D eigenvalue weighted by Gasteiger charge is 2.28. The molecule has 464 valence electrons. The molecule has 11 heteroatoms. The van der Waals surface area contributed by atoms with E-state index in [9.17, 15) is 5.11 Å². The van der Waals surface area contributed by atoms with Crippen LogP contribution in [0.3, 0.4) is 0 Å². The fourth-order valence-electron chi connectivity index (χ4n) is 11.1. The average Bonchev–Trinajstić information content (AvgIpc) is 1.91. The van der Waals surface area contributed by atoms with Crippen molar-refractivity contribution in [3.05, 3.63) is 200 Å². The van der Waals surface area contributed by atoms with Crippen LogP contribution >= 0.6 is 22.7 Å². The molecule has 2 unspecified atom stereocenters. The van der Waals surface area contributed by atoms with Crippen molar-refractivity contribution < 1.29 is 18.7 Å². The molecule has 0 saturated carbocycles. The highest BCUT2D eigenvalue weighted by molar-refractivity contribution is 7.10. The summed E-state index contributed by atoms with van der Waals surface area (Å²) in [6.45, 7) is 39.7. The van der Waals surface area contributed by atoms with Gasteiger partial charge in [-0.05, 0) is 127 Å². The summed E-state index contributed by atoms with van der Waals surface area (Å²) in [6, 6.07) is 49.9. The van der Waals surface area contributed by atoms with Crippen LogP contribution in [0, 0.1) is 0 Å². The smallest absolute Gasteiger partial charge is 0.242 e. The number of phenols is 1. The molecule has 0 aliphatic rings. The molecule has 8 aromatic rings. The molecular weight excluding hydrogens is 1110 g/mol. The second kappa shape index (κ2) is 35.0. The standard InChI is InChI=1S/C31H38N2OSSi.C28H30N2OS.C16H36N.FH/c1-21(2)24-17-13-18-25(22(3)4)30(24)33-29(23-14-9-8-10-15-23)31-32-27(20-35-31)26-16-11-12-19-28(26)34-36(5,6)7;1-18(2)21-14-10-15-22(19(3)4)27(21)30-26(20-11-6-5-7-12-20)28-29-24(17-32-28)23-13-8-9-16-25(23)31;1-5-9-13-17(14-10-6-2,15-11-7-3)16-12-8-4;/h8-22,29,33H,1-7H3;5-19,26,30-31H,1-4H3;5-16H2,1-4H3;1H/q;;+1;/p-1. The van der Waals surface area contributed by atoms with Crippen molar-refractivity contribution in [1.82, 2.24) is 9.97 Å². The Bertz CT molecular complexity index is 3120. The van der Waals surface area contributed by atoms with Gasteiger partial charge in [0, 0.05) is 33.3 Å². The Balaban J connectivity index is 0.000000249. The van der Waals surface area contributed by atoms with Crippen LogP contribution in [0.5, 0.6) is 11.5 Å². The van der Waals surface area contributed by atoms with Gasteiger partial charge in [0.1, 0.15) is 33.6 Å². The van der Waals surface area contributed by atoms with Crippen molar-refractivity contribution in [2.45, 2.75) is 190 Å². The van der Waals surface area contributed by atoms with E-state index in [1.807, 2.05) is 35.7 Å². The predicted octanol–water partition coefficient (Wildman–Crippen LogP) is 19.4. The van der Waals surface area contributed by atoms with E-state index in [0.29, 0.717) is 23.7 Å². The number of thiazole rings is 2. The first kappa shape index (κ1) is 70.6. The molecule has 2 atom stereocenters. The maximum atomic E-state index is 10.3. The zero-order valence-corrected chi connectivity index (χ0v) is 57.5. The van der Waals surface area contributed by atoms with Crippen LogP contribution in [0.1, 0.15) is 214 Å². The van der Waals surface area contributed by atoms with Crippen LogP contribution < -0.4 is 19.8 Å². The number of aromatic hydroxyl groups is 1. The van der Waals surface area contributed by atoms with Gasteiger partial charge < -0.3 is 29.4 Å². The Morgan fingerprint density at radius 3 is 1.14 bits per heavy atom. The summed E-state index contributed by atoms with van der Waals surface area (Å²) in [4.78, 5) is 10.1. The molecule has 8 rings (SSSR count). The minimum atomic E-state index is -1.75. The van der Waals surface area contributed by atoms with Gasteiger partial charge in [-0.25, -0.2) is 9.97 Å². The lowest BCUT2D eigenvalue weighted by Crippen LogP contribution is -3.00. The molecule has 0 radical (unpaired) electrons. The zero-order valence-electron chi connectivity index (χ0n) is 54.9. The first-order chi connectivity index (χ1) is 40.8. The van der Waals surface area contributed by atoms with Crippen molar-refractivity contribution >= 4 is 42.4 Å². The van der Waals surface area contributed by atoms with E-state index in [1.165, 1.54) is 127 Å². The van der Waals surface area contributed by atoms with Gasteiger partial charge in [0.25, 0.3) is 0 Å². The molecule has 6 aromatic carbocycles. The van der Waals surface area contributed by atoms with Crippen LogP contribution in [0.2, 0.25) is 19.6 Å². The Hall–Kier alpha value is -6.11. The van der Waals surface area contributed by atoms with Gasteiger partial charge in [-0.3, -0.25) is 0 Å². The summed E-state index contributed by atoms with van der Waals surface area (Å²) < 4.78 is 7.83.